The lowest BCUT2D eigenvalue weighted by molar-refractivity contribution is -0.126. The van der Waals surface area contributed by atoms with Crippen molar-refractivity contribution in [2.24, 2.45) is 5.92 Å². The van der Waals surface area contributed by atoms with Crippen LogP contribution in [0.2, 0.25) is 0 Å². The highest BCUT2D eigenvalue weighted by Gasteiger charge is 2.31. The molecule has 1 aliphatic heterocycles. The fourth-order valence-electron chi connectivity index (χ4n) is 2.60. The van der Waals surface area contributed by atoms with Crippen molar-refractivity contribution in [2.75, 3.05) is 26.7 Å². The van der Waals surface area contributed by atoms with Crippen LogP contribution in [0.5, 0.6) is 0 Å². The SMILES string of the molecule is CNC(C)CNC(=O)C1CCN(S(=O)(=O)c2ccccc2)CC1.Cl. The van der Waals surface area contributed by atoms with E-state index >= 15 is 0 Å². The summed E-state index contributed by atoms with van der Waals surface area (Å²) in [5.41, 5.74) is 0. The van der Waals surface area contributed by atoms with E-state index in [0.29, 0.717) is 37.4 Å². The van der Waals surface area contributed by atoms with Crippen molar-refractivity contribution >= 4 is 28.3 Å². The molecular weight excluding hydrogens is 350 g/mol. The standard InChI is InChI=1S/C16H25N3O3S.ClH/c1-13(17-2)12-18-16(20)14-8-10-19(11-9-14)23(21,22)15-6-4-3-5-7-15;/h3-7,13-14,17H,8-12H2,1-2H3,(H,18,20);1H. The number of likely N-dealkylation sites (N-methyl/N-ethyl adjacent to an activating group) is 1. The van der Waals surface area contributed by atoms with Crippen molar-refractivity contribution in [2.45, 2.75) is 30.7 Å². The molecule has 0 saturated carbocycles. The molecule has 8 heteroatoms. The Balaban J connectivity index is 0.00000288. The fourth-order valence-corrected chi connectivity index (χ4v) is 4.09. The van der Waals surface area contributed by atoms with E-state index in [1.807, 2.05) is 14.0 Å². The minimum Gasteiger partial charge on any atom is -0.354 e. The smallest absolute Gasteiger partial charge is 0.243 e. The van der Waals surface area contributed by atoms with Crippen LogP contribution in [0.15, 0.2) is 35.2 Å². The molecule has 24 heavy (non-hydrogen) atoms. The third kappa shape index (κ3) is 5.17. The number of carbonyl (C=O) groups is 1. The van der Waals surface area contributed by atoms with Gasteiger partial charge in [-0.15, -0.1) is 12.4 Å². The van der Waals surface area contributed by atoms with Gasteiger partial charge >= 0.3 is 0 Å². The van der Waals surface area contributed by atoms with Gasteiger partial charge in [0.15, 0.2) is 0 Å². The summed E-state index contributed by atoms with van der Waals surface area (Å²) in [6.45, 7) is 3.35. The number of hydrogen-bond donors (Lipinski definition) is 2. The average Bonchev–Trinajstić information content (AvgIpc) is 2.60. The quantitative estimate of drug-likeness (QED) is 0.784. The summed E-state index contributed by atoms with van der Waals surface area (Å²) in [6, 6.07) is 8.66. The van der Waals surface area contributed by atoms with Gasteiger partial charge in [-0.05, 0) is 38.9 Å². The predicted molar refractivity (Wildman–Crippen MR) is 96.7 cm³/mol. The number of halogens is 1. The Bertz CT molecular complexity index is 617. The first-order valence-electron chi connectivity index (χ1n) is 7.95. The molecule has 0 bridgehead atoms. The topological polar surface area (TPSA) is 78.5 Å². The zero-order valence-corrected chi connectivity index (χ0v) is 15.7. The Morgan fingerprint density at radius 2 is 1.83 bits per heavy atom. The highest BCUT2D eigenvalue weighted by molar-refractivity contribution is 7.89. The van der Waals surface area contributed by atoms with Gasteiger partial charge in [0.05, 0.1) is 4.90 Å². The molecule has 6 nitrogen and oxygen atoms in total. The van der Waals surface area contributed by atoms with Gasteiger partial charge in [-0.2, -0.15) is 4.31 Å². The molecule has 1 aromatic carbocycles. The van der Waals surface area contributed by atoms with Gasteiger partial charge in [0.1, 0.15) is 0 Å². The second kappa shape index (κ2) is 9.36. The molecule has 0 radical (unpaired) electrons. The Morgan fingerprint density at radius 1 is 1.25 bits per heavy atom. The summed E-state index contributed by atoms with van der Waals surface area (Å²) < 4.78 is 26.5. The van der Waals surface area contributed by atoms with Crippen molar-refractivity contribution < 1.29 is 13.2 Å². The van der Waals surface area contributed by atoms with Gasteiger partial charge in [-0.1, -0.05) is 18.2 Å². The highest BCUT2D eigenvalue weighted by Crippen LogP contribution is 2.23. The van der Waals surface area contributed by atoms with Crippen LogP contribution in [0, 0.1) is 5.92 Å². The van der Waals surface area contributed by atoms with E-state index in [1.54, 1.807) is 30.3 Å². The number of hydrogen-bond acceptors (Lipinski definition) is 4. The van der Waals surface area contributed by atoms with Crippen molar-refractivity contribution in [1.82, 2.24) is 14.9 Å². The summed E-state index contributed by atoms with van der Waals surface area (Å²) >= 11 is 0. The third-order valence-corrected chi connectivity index (χ3v) is 6.19. The number of rotatable bonds is 6. The molecule has 0 aliphatic carbocycles. The zero-order valence-electron chi connectivity index (χ0n) is 14.1. The molecule has 1 atom stereocenters. The molecule has 1 aromatic rings. The molecule has 136 valence electrons. The van der Waals surface area contributed by atoms with E-state index in [-0.39, 0.29) is 30.3 Å². The van der Waals surface area contributed by atoms with Gasteiger partial charge in [-0.25, -0.2) is 8.42 Å². The van der Waals surface area contributed by atoms with Crippen molar-refractivity contribution in [3.63, 3.8) is 0 Å². The summed E-state index contributed by atoms with van der Waals surface area (Å²) in [6.07, 6.45) is 1.12. The summed E-state index contributed by atoms with van der Waals surface area (Å²) in [7, 11) is -1.60. The average molecular weight is 376 g/mol. The Labute approximate surface area is 150 Å². The summed E-state index contributed by atoms with van der Waals surface area (Å²) in [5, 5.41) is 5.98. The van der Waals surface area contributed by atoms with Gasteiger partial charge < -0.3 is 10.6 Å². The van der Waals surface area contributed by atoms with E-state index in [1.165, 1.54) is 4.31 Å². The molecule has 1 unspecified atom stereocenters. The van der Waals surface area contributed by atoms with Crippen LogP contribution >= 0.6 is 12.4 Å². The van der Waals surface area contributed by atoms with Crippen LogP contribution in [0.1, 0.15) is 19.8 Å². The zero-order chi connectivity index (χ0) is 16.9. The molecule has 1 amide bonds. The lowest BCUT2D eigenvalue weighted by Gasteiger charge is -2.30. The summed E-state index contributed by atoms with van der Waals surface area (Å²) in [4.78, 5) is 12.4. The largest absolute Gasteiger partial charge is 0.354 e. The predicted octanol–water partition coefficient (Wildman–Crippen LogP) is 1.23. The maximum atomic E-state index is 12.5. The minimum atomic E-state index is -3.45. The highest BCUT2D eigenvalue weighted by atomic mass is 35.5. The molecule has 2 N–H and O–H groups in total. The van der Waals surface area contributed by atoms with Crippen LogP contribution in [-0.4, -0.2) is 51.4 Å². The van der Waals surface area contributed by atoms with E-state index in [4.69, 9.17) is 0 Å². The van der Waals surface area contributed by atoms with Gasteiger partial charge in [0, 0.05) is 31.6 Å². The van der Waals surface area contributed by atoms with Crippen LogP contribution < -0.4 is 10.6 Å². The lowest BCUT2D eigenvalue weighted by Crippen LogP contribution is -2.45. The van der Waals surface area contributed by atoms with Crippen LogP contribution in [-0.2, 0) is 14.8 Å². The monoisotopic (exact) mass is 375 g/mol. The second-order valence-electron chi connectivity index (χ2n) is 5.93. The third-order valence-electron chi connectivity index (χ3n) is 4.28. The van der Waals surface area contributed by atoms with Crippen LogP contribution in [0.4, 0.5) is 0 Å². The Morgan fingerprint density at radius 3 is 2.38 bits per heavy atom. The van der Waals surface area contributed by atoms with Crippen LogP contribution in [0.25, 0.3) is 0 Å². The first kappa shape index (κ1) is 20.9. The maximum Gasteiger partial charge on any atom is 0.243 e. The van der Waals surface area contributed by atoms with Crippen molar-refractivity contribution in [1.29, 1.82) is 0 Å². The van der Waals surface area contributed by atoms with Gasteiger partial charge in [0.2, 0.25) is 15.9 Å². The molecular formula is C16H26ClN3O3S. The number of nitrogens with zero attached hydrogens (tertiary/aromatic N) is 1. The first-order chi connectivity index (χ1) is 10.9. The van der Waals surface area contributed by atoms with Gasteiger partial charge in [-0.3, -0.25) is 4.79 Å². The lowest BCUT2D eigenvalue weighted by atomic mass is 9.97. The van der Waals surface area contributed by atoms with E-state index < -0.39 is 10.0 Å². The number of piperidine rings is 1. The number of amides is 1. The Kier molecular flexibility index (Phi) is 8.15. The number of nitrogens with one attached hydrogen (secondary N) is 2. The van der Waals surface area contributed by atoms with Crippen molar-refractivity contribution in [3.8, 4) is 0 Å². The normalized spacial score (nSPS) is 17.8. The summed E-state index contributed by atoms with van der Waals surface area (Å²) in [5.74, 6) is -0.0925. The minimum absolute atomic E-state index is 0. The molecule has 2 rings (SSSR count). The van der Waals surface area contributed by atoms with Crippen LogP contribution in [0.3, 0.4) is 0 Å². The molecule has 1 heterocycles. The van der Waals surface area contributed by atoms with E-state index in [2.05, 4.69) is 10.6 Å². The fraction of sp³-hybridized carbons (Fsp3) is 0.562. The van der Waals surface area contributed by atoms with E-state index in [0.717, 1.165) is 0 Å². The Hall–Kier alpha value is -1.15. The molecule has 1 fully saturated rings. The number of sulfonamides is 1. The first-order valence-corrected chi connectivity index (χ1v) is 9.39. The van der Waals surface area contributed by atoms with E-state index in [9.17, 15) is 13.2 Å². The molecule has 1 saturated heterocycles. The maximum absolute atomic E-state index is 12.5. The van der Waals surface area contributed by atoms with Gasteiger partial charge in [0.25, 0.3) is 0 Å². The van der Waals surface area contributed by atoms with Crippen molar-refractivity contribution in [3.05, 3.63) is 30.3 Å². The molecule has 0 spiro atoms. The number of benzene rings is 1. The number of carbonyl (C=O) groups excluding carboxylic acids is 1. The molecule has 0 aromatic heterocycles. The molecule has 1 aliphatic rings. The second-order valence-corrected chi connectivity index (χ2v) is 7.86.